The van der Waals surface area contributed by atoms with Crippen LogP contribution < -0.4 is 5.32 Å². The van der Waals surface area contributed by atoms with Gasteiger partial charge < -0.3 is 5.32 Å². The molecule has 0 aliphatic heterocycles. The number of nitrogens with one attached hydrogen (secondary N) is 1. The van der Waals surface area contributed by atoms with Crippen molar-refractivity contribution >= 4 is 0 Å². The molecular formula is C14H31N. The molecule has 0 rings (SSSR count). The van der Waals surface area contributed by atoms with Crippen molar-refractivity contribution < 1.29 is 0 Å². The van der Waals surface area contributed by atoms with Crippen LogP contribution >= 0.6 is 0 Å². The third kappa shape index (κ3) is 6.94. The van der Waals surface area contributed by atoms with Crippen molar-refractivity contribution in [2.24, 2.45) is 5.92 Å². The van der Waals surface area contributed by atoms with Gasteiger partial charge in [0, 0.05) is 6.04 Å². The van der Waals surface area contributed by atoms with Gasteiger partial charge in [-0.25, -0.2) is 0 Å². The van der Waals surface area contributed by atoms with Gasteiger partial charge in [0.1, 0.15) is 0 Å². The molecule has 92 valence electrons. The first-order chi connectivity index (χ1) is 7.29. The highest BCUT2D eigenvalue weighted by molar-refractivity contribution is 4.74. The molecule has 0 aliphatic rings. The Hall–Kier alpha value is -0.0400. The van der Waals surface area contributed by atoms with E-state index in [1.165, 1.54) is 51.4 Å². The second-order valence-electron chi connectivity index (χ2n) is 4.70. The third-order valence-electron chi connectivity index (χ3n) is 3.51. The maximum atomic E-state index is 3.52. The van der Waals surface area contributed by atoms with Gasteiger partial charge in [-0.1, -0.05) is 59.3 Å². The molecule has 0 fully saturated rings. The fourth-order valence-corrected chi connectivity index (χ4v) is 2.39. The largest absolute Gasteiger partial charge is 0.317 e. The summed E-state index contributed by atoms with van der Waals surface area (Å²) in [5, 5.41) is 3.52. The first-order valence-corrected chi connectivity index (χ1v) is 6.97. The van der Waals surface area contributed by atoms with Crippen LogP contribution in [0.1, 0.15) is 72.1 Å². The number of unbranched alkanes of at least 4 members (excludes halogenated alkanes) is 3. The molecule has 1 heteroatoms. The molecule has 0 amide bonds. The zero-order chi connectivity index (χ0) is 11.5. The van der Waals surface area contributed by atoms with Crippen molar-refractivity contribution in [3.63, 3.8) is 0 Å². The molecule has 2 atom stereocenters. The van der Waals surface area contributed by atoms with Crippen molar-refractivity contribution in [1.29, 1.82) is 0 Å². The quantitative estimate of drug-likeness (QED) is 0.531. The minimum Gasteiger partial charge on any atom is -0.317 e. The van der Waals surface area contributed by atoms with E-state index in [9.17, 15) is 0 Å². The van der Waals surface area contributed by atoms with Gasteiger partial charge in [-0.2, -0.15) is 0 Å². The second kappa shape index (κ2) is 10.5. The summed E-state index contributed by atoms with van der Waals surface area (Å²) in [5.41, 5.74) is 0. The van der Waals surface area contributed by atoms with Crippen LogP contribution in [0.2, 0.25) is 0 Å². The van der Waals surface area contributed by atoms with E-state index in [0.717, 1.165) is 12.0 Å². The van der Waals surface area contributed by atoms with E-state index < -0.39 is 0 Å². The SMILES string of the molecule is CCCCCC(NC)C(CC)CCCC. The van der Waals surface area contributed by atoms with E-state index in [0.29, 0.717) is 0 Å². The summed E-state index contributed by atoms with van der Waals surface area (Å²) in [5.74, 6) is 0.895. The van der Waals surface area contributed by atoms with Crippen LogP contribution in [0.4, 0.5) is 0 Å². The predicted octanol–water partition coefficient (Wildman–Crippen LogP) is 4.37. The third-order valence-corrected chi connectivity index (χ3v) is 3.51. The molecule has 0 saturated carbocycles. The Morgan fingerprint density at radius 3 is 2.00 bits per heavy atom. The molecule has 15 heavy (non-hydrogen) atoms. The van der Waals surface area contributed by atoms with Gasteiger partial charge in [0.2, 0.25) is 0 Å². The van der Waals surface area contributed by atoms with E-state index in [-0.39, 0.29) is 0 Å². The molecule has 1 nitrogen and oxygen atoms in total. The number of rotatable bonds is 10. The average molecular weight is 213 g/mol. The first-order valence-electron chi connectivity index (χ1n) is 6.97. The smallest absolute Gasteiger partial charge is 0.00922 e. The van der Waals surface area contributed by atoms with Crippen LogP contribution in [0, 0.1) is 5.92 Å². The normalized spacial score (nSPS) is 15.2. The van der Waals surface area contributed by atoms with E-state index in [1.807, 2.05) is 0 Å². The highest BCUT2D eigenvalue weighted by Gasteiger charge is 2.16. The Morgan fingerprint density at radius 2 is 1.53 bits per heavy atom. The van der Waals surface area contributed by atoms with Crippen LogP contribution in [-0.4, -0.2) is 13.1 Å². The Kier molecular flexibility index (Phi) is 10.4. The summed E-state index contributed by atoms with van der Waals surface area (Å²) in [6.45, 7) is 6.91. The predicted molar refractivity (Wildman–Crippen MR) is 70.3 cm³/mol. The minimum atomic E-state index is 0.758. The van der Waals surface area contributed by atoms with Crippen molar-refractivity contribution in [3.05, 3.63) is 0 Å². The molecule has 0 heterocycles. The monoisotopic (exact) mass is 213 g/mol. The lowest BCUT2D eigenvalue weighted by atomic mass is 9.88. The molecule has 0 aromatic carbocycles. The summed E-state index contributed by atoms with van der Waals surface area (Å²) in [7, 11) is 2.13. The topological polar surface area (TPSA) is 12.0 Å². The fourth-order valence-electron chi connectivity index (χ4n) is 2.39. The standard InChI is InChI=1S/C14H31N/c1-5-8-10-12-14(15-4)13(7-3)11-9-6-2/h13-15H,5-12H2,1-4H3. The first kappa shape index (κ1) is 15.0. The summed E-state index contributed by atoms with van der Waals surface area (Å²) < 4.78 is 0. The fraction of sp³-hybridized carbons (Fsp3) is 1.00. The minimum absolute atomic E-state index is 0.758. The van der Waals surface area contributed by atoms with Crippen LogP contribution in [0.3, 0.4) is 0 Å². The van der Waals surface area contributed by atoms with Gasteiger partial charge >= 0.3 is 0 Å². The zero-order valence-corrected chi connectivity index (χ0v) is 11.3. The van der Waals surface area contributed by atoms with E-state index in [2.05, 4.69) is 33.1 Å². The molecule has 2 unspecified atom stereocenters. The summed E-state index contributed by atoms with van der Waals surface area (Å²) in [4.78, 5) is 0. The number of hydrogen-bond donors (Lipinski definition) is 1. The lowest BCUT2D eigenvalue weighted by molar-refractivity contribution is 0.310. The van der Waals surface area contributed by atoms with Gasteiger partial charge in [0.05, 0.1) is 0 Å². The van der Waals surface area contributed by atoms with Gasteiger partial charge in [-0.15, -0.1) is 0 Å². The van der Waals surface area contributed by atoms with Gasteiger partial charge in [0.25, 0.3) is 0 Å². The molecule has 0 aromatic heterocycles. The highest BCUT2D eigenvalue weighted by Crippen LogP contribution is 2.20. The molecular weight excluding hydrogens is 182 g/mol. The number of hydrogen-bond acceptors (Lipinski definition) is 1. The Bertz CT molecular complexity index is 123. The maximum Gasteiger partial charge on any atom is 0.00922 e. The molecule has 0 spiro atoms. The molecule has 0 radical (unpaired) electrons. The molecule has 0 saturated heterocycles. The lowest BCUT2D eigenvalue weighted by Crippen LogP contribution is -2.33. The van der Waals surface area contributed by atoms with Gasteiger partial charge in [0.15, 0.2) is 0 Å². The van der Waals surface area contributed by atoms with Crippen molar-refractivity contribution in [1.82, 2.24) is 5.32 Å². The molecule has 0 aliphatic carbocycles. The van der Waals surface area contributed by atoms with E-state index in [1.54, 1.807) is 0 Å². The molecule has 0 aromatic rings. The maximum absolute atomic E-state index is 3.52. The lowest BCUT2D eigenvalue weighted by Gasteiger charge is -2.26. The molecule has 1 N–H and O–H groups in total. The second-order valence-corrected chi connectivity index (χ2v) is 4.70. The Balaban J connectivity index is 3.85. The van der Waals surface area contributed by atoms with Gasteiger partial charge in [-0.05, 0) is 25.8 Å². The molecule has 0 bridgehead atoms. The van der Waals surface area contributed by atoms with Gasteiger partial charge in [-0.3, -0.25) is 0 Å². The summed E-state index contributed by atoms with van der Waals surface area (Å²) >= 11 is 0. The van der Waals surface area contributed by atoms with Crippen LogP contribution in [-0.2, 0) is 0 Å². The van der Waals surface area contributed by atoms with Crippen LogP contribution in [0.5, 0.6) is 0 Å². The van der Waals surface area contributed by atoms with E-state index in [4.69, 9.17) is 0 Å². The average Bonchev–Trinajstić information content (AvgIpc) is 2.27. The summed E-state index contributed by atoms with van der Waals surface area (Å²) in [6.07, 6.45) is 11.0. The van der Waals surface area contributed by atoms with Crippen LogP contribution in [0.15, 0.2) is 0 Å². The zero-order valence-electron chi connectivity index (χ0n) is 11.3. The van der Waals surface area contributed by atoms with Crippen molar-refractivity contribution in [2.75, 3.05) is 7.05 Å². The highest BCUT2D eigenvalue weighted by atomic mass is 14.9. The van der Waals surface area contributed by atoms with Crippen molar-refractivity contribution in [3.8, 4) is 0 Å². The van der Waals surface area contributed by atoms with E-state index >= 15 is 0 Å². The van der Waals surface area contributed by atoms with Crippen LogP contribution in [0.25, 0.3) is 0 Å². The Labute approximate surface area is 97.0 Å². The van der Waals surface area contributed by atoms with Crippen molar-refractivity contribution in [2.45, 2.75) is 78.2 Å². The Morgan fingerprint density at radius 1 is 0.867 bits per heavy atom. The summed E-state index contributed by atoms with van der Waals surface area (Å²) in [6, 6.07) is 0.758.